The molecule has 0 saturated carbocycles. The van der Waals surface area contributed by atoms with Crippen LogP contribution in [0.2, 0.25) is 0 Å². The Kier molecular flexibility index (Phi) is 3.79. The topological polar surface area (TPSA) is 55.1 Å². The molecule has 2 heterocycles. The number of furan rings is 1. The molecule has 2 aromatic heterocycles. The molecule has 0 spiro atoms. The minimum absolute atomic E-state index is 0.268. The molecule has 0 unspecified atom stereocenters. The highest BCUT2D eigenvalue weighted by Gasteiger charge is 2.12. The van der Waals surface area contributed by atoms with Crippen LogP contribution in [-0.4, -0.2) is 10.9 Å². The average molecular weight is 302 g/mol. The Hall–Kier alpha value is -2.47. The quantitative estimate of drug-likeness (QED) is 0.803. The molecular formula is C15H11FN2O2S. The van der Waals surface area contributed by atoms with Gasteiger partial charge in [-0.05, 0) is 36.4 Å². The zero-order valence-corrected chi connectivity index (χ0v) is 11.7. The molecule has 106 valence electrons. The molecule has 6 heteroatoms. The van der Waals surface area contributed by atoms with Crippen LogP contribution in [-0.2, 0) is 6.54 Å². The number of carbonyl (C=O) groups is 1. The van der Waals surface area contributed by atoms with Crippen molar-refractivity contribution in [1.29, 1.82) is 0 Å². The molecule has 0 radical (unpaired) electrons. The number of benzene rings is 1. The van der Waals surface area contributed by atoms with Crippen molar-refractivity contribution in [3.8, 4) is 10.6 Å². The van der Waals surface area contributed by atoms with E-state index in [9.17, 15) is 9.18 Å². The Bertz CT molecular complexity index is 735. The highest BCUT2D eigenvalue weighted by molar-refractivity contribution is 7.13. The molecule has 21 heavy (non-hydrogen) atoms. The van der Waals surface area contributed by atoms with Crippen LogP contribution in [0, 0.1) is 5.82 Å². The summed E-state index contributed by atoms with van der Waals surface area (Å²) in [6.45, 7) is 0.315. The van der Waals surface area contributed by atoms with Gasteiger partial charge in [-0.3, -0.25) is 4.79 Å². The number of carbonyl (C=O) groups excluding carboxylic acids is 1. The van der Waals surface area contributed by atoms with Crippen molar-refractivity contribution in [2.75, 3.05) is 0 Å². The van der Waals surface area contributed by atoms with Gasteiger partial charge in [-0.15, -0.1) is 11.3 Å². The molecule has 0 bridgehead atoms. The van der Waals surface area contributed by atoms with Crippen molar-refractivity contribution in [2.24, 2.45) is 0 Å². The normalized spacial score (nSPS) is 10.5. The van der Waals surface area contributed by atoms with Gasteiger partial charge in [-0.2, -0.15) is 0 Å². The average Bonchev–Trinajstić information content (AvgIpc) is 3.17. The van der Waals surface area contributed by atoms with Gasteiger partial charge in [0.25, 0.3) is 5.91 Å². The van der Waals surface area contributed by atoms with Crippen molar-refractivity contribution in [1.82, 2.24) is 10.3 Å². The van der Waals surface area contributed by atoms with Gasteiger partial charge in [0.2, 0.25) is 0 Å². The maximum Gasteiger partial charge on any atom is 0.271 e. The third-order valence-electron chi connectivity index (χ3n) is 2.83. The summed E-state index contributed by atoms with van der Waals surface area (Å²) < 4.78 is 18.0. The van der Waals surface area contributed by atoms with Crippen molar-refractivity contribution < 1.29 is 13.6 Å². The third-order valence-corrected chi connectivity index (χ3v) is 3.72. The van der Waals surface area contributed by atoms with Gasteiger partial charge in [-0.25, -0.2) is 9.37 Å². The van der Waals surface area contributed by atoms with Crippen LogP contribution >= 0.6 is 11.3 Å². The summed E-state index contributed by atoms with van der Waals surface area (Å²) in [7, 11) is 0. The Morgan fingerprint density at radius 3 is 2.81 bits per heavy atom. The van der Waals surface area contributed by atoms with Crippen molar-refractivity contribution in [2.45, 2.75) is 6.54 Å². The lowest BCUT2D eigenvalue weighted by Gasteiger charge is -2.00. The summed E-state index contributed by atoms with van der Waals surface area (Å²) in [5, 5.41) is 5.08. The first-order chi connectivity index (χ1) is 10.2. The Morgan fingerprint density at radius 1 is 1.29 bits per heavy atom. The number of rotatable bonds is 4. The predicted molar refractivity (Wildman–Crippen MR) is 77.4 cm³/mol. The van der Waals surface area contributed by atoms with E-state index in [2.05, 4.69) is 10.3 Å². The van der Waals surface area contributed by atoms with Crippen LogP contribution in [0.15, 0.2) is 52.5 Å². The lowest BCUT2D eigenvalue weighted by atomic mass is 10.2. The zero-order chi connectivity index (χ0) is 14.7. The van der Waals surface area contributed by atoms with E-state index in [0.29, 0.717) is 23.0 Å². The van der Waals surface area contributed by atoms with Gasteiger partial charge in [0.15, 0.2) is 0 Å². The maximum atomic E-state index is 12.9. The first-order valence-corrected chi connectivity index (χ1v) is 7.12. The minimum Gasteiger partial charge on any atom is -0.467 e. The monoisotopic (exact) mass is 302 g/mol. The Morgan fingerprint density at radius 2 is 2.10 bits per heavy atom. The van der Waals surface area contributed by atoms with E-state index < -0.39 is 0 Å². The first kappa shape index (κ1) is 13.5. The van der Waals surface area contributed by atoms with Gasteiger partial charge >= 0.3 is 0 Å². The lowest BCUT2D eigenvalue weighted by molar-refractivity contribution is 0.0944. The van der Waals surface area contributed by atoms with Gasteiger partial charge in [-0.1, -0.05) is 0 Å². The molecule has 0 saturated heterocycles. The summed E-state index contributed by atoms with van der Waals surface area (Å²) >= 11 is 1.34. The third kappa shape index (κ3) is 3.17. The standard InChI is InChI=1S/C15H11FN2O2S/c16-11-5-3-10(4-6-11)15-18-13(9-21-15)14(19)17-8-12-2-1-7-20-12/h1-7,9H,8H2,(H,17,19). The summed E-state index contributed by atoms with van der Waals surface area (Å²) in [4.78, 5) is 16.2. The SMILES string of the molecule is O=C(NCc1ccco1)c1csc(-c2ccc(F)cc2)n1. The van der Waals surface area contributed by atoms with Gasteiger partial charge in [0.05, 0.1) is 12.8 Å². The van der Waals surface area contributed by atoms with E-state index in [1.165, 1.54) is 23.5 Å². The number of thiazole rings is 1. The first-order valence-electron chi connectivity index (χ1n) is 6.24. The molecular weight excluding hydrogens is 291 g/mol. The molecule has 1 aromatic carbocycles. The van der Waals surface area contributed by atoms with Crippen LogP contribution in [0.1, 0.15) is 16.2 Å². The molecule has 0 atom stereocenters. The van der Waals surface area contributed by atoms with Crippen LogP contribution in [0.4, 0.5) is 4.39 Å². The van der Waals surface area contributed by atoms with E-state index in [1.54, 1.807) is 35.9 Å². The van der Waals surface area contributed by atoms with Crippen LogP contribution in [0.5, 0.6) is 0 Å². The van der Waals surface area contributed by atoms with E-state index in [-0.39, 0.29) is 11.7 Å². The molecule has 0 fully saturated rings. The second kappa shape index (κ2) is 5.88. The molecule has 1 amide bonds. The second-order valence-electron chi connectivity index (χ2n) is 4.31. The second-order valence-corrected chi connectivity index (χ2v) is 5.16. The number of hydrogen-bond donors (Lipinski definition) is 1. The molecule has 4 nitrogen and oxygen atoms in total. The Labute approximate surface area is 124 Å². The van der Waals surface area contributed by atoms with Gasteiger partial charge in [0, 0.05) is 10.9 Å². The van der Waals surface area contributed by atoms with E-state index in [4.69, 9.17) is 4.42 Å². The molecule has 3 aromatic rings. The number of halogens is 1. The van der Waals surface area contributed by atoms with Crippen LogP contribution < -0.4 is 5.32 Å². The van der Waals surface area contributed by atoms with Crippen LogP contribution in [0.3, 0.4) is 0 Å². The summed E-state index contributed by atoms with van der Waals surface area (Å²) in [5.41, 5.74) is 1.12. The zero-order valence-electron chi connectivity index (χ0n) is 10.9. The molecule has 0 aliphatic rings. The minimum atomic E-state index is -0.299. The molecule has 3 rings (SSSR count). The number of nitrogens with one attached hydrogen (secondary N) is 1. The summed E-state index contributed by atoms with van der Waals surface area (Å²) in [5.74, 6) is 0.111. The van der Waals surface area contributed by atoms with Crippen molar-refractivity contribution >= 4 is 17.2 Å². The highest BCUT2D eigenvalue weighted by Crippen LogP contribution is 2.23. The highest BCUT2D eigenvalue weighted by atomic mass is 32.1. The number of aromatic nitrogens is 1. The van der Waals surface area contributed by atoms with Crippen molar-refractivity contribution in [3.63, 3.8) is 0 Å². The fraction of sp³-hybridized carbons (Fsp3) is 0.0667. The maximum absolute atomic E-state index is 12.9. The molecule has 0 aliphatic heterocycles. The van der Waals surface area contributed by atoms with Crippen LogP contribution in [0.25, 0.3) is 10.6 Å². The van der Waals surface area contributed by atoms with E-state index >= 15 is 0 Å². The number of amides is 1. The lowest BCUT2D eigenvalue weighted by Crippen LogP contribution is -2.22. The smallest absolute Gasteiger partial charge is 0.271 e. The van der Waals surface area contributed by atoms with Gasteiger partial charge in [0.1, 0.15) is 22.3 Å². The van der Waals surface area contributed by atoms with Crippen molar-refractivity contribution in [3.05, 3.63) is 65.3 Å². The molecule has 0 aliphatic carbocycles. The predicted octanol–water partition coefficient (Wildman–Crippen LogP) is 3.47. The fourth-order valence-corrected chi connectivity index (χ4v) is 2.58. The summed E-state index contributed by atoms with van der Waals surface area (Å²) in [6, 6.07) is 9.56. The fourth-order valence-electron chi connectivity index (χ4n) is 1.77. The number of nitrogens with zero attached hydrogens (tertiary/aromatic N) is 1. The van der Waals surface area contributed by atoms with E-state index in [1.807, 2.05) is 0 Å². The number of hydrogen-bond acceptors (Lipinski definition) is 4. The summed E-state index contributed by atoms with van der Waals surface area (Å²) in [6.07, 6.45) is 1.55. The van der Waals surface area contributed by atoms with Gasteiger partial charge < -0.3 is 9.73 Å². The Balaban J connectivity index is 1.69. The molecule has 1 N–H and O–H groups in total. The van der Waals surface area contributed by atoms with E-state index in [0.717, 1.165) is 5.56 Å². The largest absolute Gasteiger partial charge is 0.467 e.